The summed E-state index contributed by atoms with van der Waals surface area (Å²) in [6.07, 6.45) is 6.72. The lowest BCUT2D eigenvalue weighted by atomic mass is 10.0. The number of rotatable bonds is 7. The molecule has 0 bridgehead atoms. The molecule has 1 amide bonds. The number of nitrogens with two attached hydrogens (primary N) is 1. The predicted octanol–water partition coefficient (Wildman–Crippen LogP) is 1.40. The highest BCUT2D eigenvalue weighted by molar-refractivity contribution is 5.77. The fraction of sp³-hybridized carbons (Fsp3) is 0.438. The second kappa shape index (κ2) is 8.23. The van der Waals surface area contributed by atoms with E-state index in [0.29, 0.717) is 0 Å². The van der Waals surface area contributed by atoms with Crippen molar-refractivity contribution >= 4 is 5.91 Å². The van der Waals surface area contributed by atoms with Gasteiger partial charge in [0.25, 0.3) is 5.91 Å². The van der Waals surface area contributed by atoms with Crippen LogP contribution in [0.15, 0.2) is 18.2 Å². The van der Waals surface area contributed by atoms with Crippen molar-refractivity contribution in [3.63, 3.8) is 0 Å². The van der Waals surface area contributed by atoms with Crippen LogP contribution in [0, 0.1) is 19.3 Å². The monoisotopic (exact) mass is 274 g/mol. The summed E-state index contributed by atoms with van der Waals surface area (Å²) in [5.74, 6) is 2.87. The largest absolute Gasteiger partial charge is 0.483 e. The smallest absolute Gasteiger partial charge is 0.258 e. The molecule has 20 heavy (non-hydrogen) atoms. The minimum Gasteiger partial charge on any atom is -0.483 e. The summed E-state index contributed by atoms with van der Waals surface area (Å²) in [6, 6.07) is 6.00. The molecule has 108 valence electrons. The summed E-state index contributed by atoms with van der Waals surface area (Å²) in [5.41, 5.74) is 8.02. The van der Waals surface area contributed by atoms with E-state index < -0.39 is 0 Å². The van der Waals surface area contributed by atoms with E-state index in [1.165, 1.54) is 0 Å². The SMILES string of the molecule is C#CCNC(=O)COc1c(C)cccc1CC(N)CC. The molecule has 0 spiro atoms. The van der Waals surface area contributed by atoms with E-state index in [9.17, 15) is 4.79 Å². The van der Waals surface area contributed by atoms with E-state index in [-0.39, 0.29) is 25.1 Å². The van der Waals surface area contributed by atoms with Crippen LogP contribution >= 0.6 is 0 Å². The highest BCUT2D eigenvalue weighted by atomic mass is 16.5. The number of terminal acetylenes is 1. The summed E-state index contributed by atoms with van der Waals surface area (Å²) >= 11 is 0. The molecule has 0 saturated carbocycles. The van der Waals surface area contributed by atoms with Gasteiger partial charge in [-0.2, -0.15) is 0 Å². The normalized spacial score (nSPS) is 11.5. The topological polar surface area (TPSA) is 64.3 Å². The number of carbonyl (C=O) groups is 1. The lowest BCUT2D eigenvalue weighted by Gasteiger charge is -2.16. The van der Waals surface area contributed by atoms with Gasteiger partial charge in [0.15, 0.2) is 6.61 Å². The molecule has 1 aromatic rings. The second-order valence-electron chi connectivity index (χ2n) is 4.71. The van der Waals surface area contributed by atoms with E-state index in [1.807, 2.05) is 32.0 Å². The first-order valence-corrected chi connectivity index (χ1v) is 6.75. The molecule has 4 heteroatoms. The Labute approximate surface area is 120 Å². The first-order chi connectivity index (χ1) is 9.58. The molecule has 0 fully saturated rings. The highest BCUT2D eigenvalue weighted by Crippen LogP contribution is 2.24. The molecule has 0 saturated heterocycles. The maximum atomic E-state index is 11.5. The zero-order valence-electron chi connectivity index (χ0n) is 12.1. The fourth-order valence-electron chi connectivity index (χ4n) is 1.85. The molecular weight excluding hydrogens is 252 g/mol. The standard InChI is InChI=1S/C16H22N2O2/c1-4-9-18-15(19)11-20-16-12(3)7-6-8-13(16)10-14(17)5-2/h1,6-8,14H,5,9-11,17H2,2-3H3,(H,18,19). The average molecular weight is 274 g/mol. The van der Waals surface area contributed by atoms with Gasteiger partial charge in [-0.25, -0.2) is 0 Å². The van der Waals surface area contributed by atoms with Crippen LogP contribution in [-0.2, 0) is 11.2 Å². The Morgan fingerprint density at radius 3 is 2.95 bits per heavy atom. The molecule has 1 atom stereocenters. The maximum absolute atomic E-state index is 11.5. The zero-order chi connectivity index (χ0) is 15.0. The number of para-hydroxylation sites is 1. The molecule has 3 N–H and O–H groups in total. The third-order valence-corrected chi connectivity index (χ3v) is 3.04. The summed E-state index contributed by atoms with van der Waals surface area (Å²) < 4.78 is 5.64. The summed E-state index contributed by atoms with van der Waals surface area (Å²) in [7, 11) is 0. The molecule has 0 heterocycles. The number of aryl methyl sites for hydroxylation is 1. The van der Waals surface area contributed by atoms with Gasteiger partial charge in [0.2, 0.25) is 0 Å². The lowest BCUT2D eigenvalue weighted by Crippen LogP contribution is -2.29. The Hall–Kier alpha value is -1.99. The quantitative estimate of drug-likeness (QED) is 0.739. The van der Waals surface area contributed by atoms with Gasteiger partial charge in [0.05, 0.1) is 6.54 Å². The number of carbonyl (C=O) groups excluding carboxylic acids is 1. The number of nitrogens with one attached hydrogen (secondary N) is 1. The Morgan fingerprint density at radius 1 is 1.55 bits per heavy atom. The first kappa shape index (κ1) is 16.1. The van der Waals surface area contributed by atoms with E-state index in [1.54, 1.807) is 0 Å². The van der Waals surface area contributed by atoms with E-state index >= 15 is 0 Å². The van der Waals surface area contributed by atoms with Gasteiger partial charge >= 0.3 is 0 Å². The molecule has 1 rings (SSSR count). The molecule has 4 nitrogen and oxygen atoms in total. The van der Waals surface area contributed by atoms with Gasteiger partial charge in [-0.05, 0) is 30.9 Å². The Balaban J connectivity index is 2.73. The van der Waals surface area contributed by atoms with Crippen molar-refractivity contribution in [2.75, 3.05) is 13.2 Å². The van der Waals surface area contributed by atoms with E-state index in [2.05, 4.69) is 11.2 Å². The van der Waals surface area contributed by atoms with E-state index in [0.717, 1.165) is 29.7 Å². The van der Waals surface area contributed by atoms with Gasteiger partial charge in [-0.1, -0.05) is 31.0 Å². The molecule has 0 aliphatic rings. The fourth-order valence-corrected chi connectivity index (χ4v) is 1.85. The Morgan fingerprint density at radius 2 is 2.30 bits per heavy atom. The Kier molecular flexibility index (Phi) is 6.61. The van der Waals surface area contributed by atoms with Crippen LogP contribution in [0.3, 0.4) is 0 Å². The van der Waals surface area contributed by atoms with Crippen LogP contribution in [0.1, 0.15) is 24.5 Å². The molecular formula is C16H22N2O2. The van der Waals surface area contributed by atoms with Crippen LogP contribution in [0.4, 0.5) is 0 Å². The van der Waals surface area contributed by atoms with Gasteiger partial charge < -0.3 is 15.8 Å². The summed E-state index contributed by atoms with van der Waals surface area (Å²) in [4.78, 5) is 11.5. The third kappa shape index (κ3) is 4.94. The van der Waals surface area contributed by atoms with Crippen molar-refractivity contribution in [2.45, 2.75) is 32.7 Å². The van der Waals surface area contributed by atoms with Crippen molar-refractivity contribution in [3.05, 3.63) is 29.3 Å². The van der Waals surface area contributed by atoms with Crippen molar-refractivity contribution in [3.8, 4) is 18.1 Å². The van der Waals surface area contributed by atoms with Crippen molar-refractivity contribution in [1.82, 2.24) is 5.32 Å². The maximum Gasteiger partial charge on any atom is 0.258 e. The van der Waals surface area contributed by atoms with Gasteiger partial charge in [-0.3, -0.25) is 4.79 Å². The Bertz CT molecular complexity index is 492. The molecule has 0 aromatic heterocycles. The molecule has 1 aromatic carbocycles. The number of hydrogen-bond acceptors (Lipinski definition) is 3. The van der Waals surface area contributed by atoms with Crippen LogP contribution in [-0.4, -0.2) is 25.1 Å². The predicted molar refractivity (Wildman–Crippen MR) is 80.5 cm³/mol. The van der Waals surface area contributed by atoms with E-state index in [4.69, 9.17) is 16.9 Å². The minimum absolute atomic E-state index is 0.0408. The highest BCUT2D eigenvalue weighted by Gasteiger charge is 2.11. The molecule has 0 aliphatic heterocycles. The van der Waals surface area contributed by atoms with Crippen molar-refractivity contribution in [2.24, 2.45) is 5.73 Å². The van der Waals surface area contributed by atoms with Crippen LogP contribution in [0.5, 0.6) is 5.75 Å². The third-order valence-electron chi connectivity index (χ3n) is 3.04. The zero-order valence-corrected chi connectivity index (χ0v) is 12.1. The number of hydrogen-bond donors (Lipinski definition) is 2. The number of ether oxygens (including phenoxy) is 1. The average Bonchev–Trinajstić information content (AvgIpc) is 2.44. The molecule has 1 unspecified atom stereocenters. The summed E-state index contributed by atoms with van der Waals surface area (Å²) in [6.45, 7) is 4.17. The second-order valence-corrected chi connectivity index (χ2v) is 4.71. The van der Waals surface area contributed by atoms with Crippen molar-refractivity contribution < 1.29 is 9.53 Å². The van der Waals surface area contributed by atoms with Gasteiger partial charge in [0, 0.05) is 6.04 Å². The van der Waals surface area contributed by atoms with Crippen LogP contribution in [0.2, 0.25) is 0 Å². The van der Waals surface area contributed by atoms with Gasteiger partial charge in [-0.15, -0.1) is 6.42 Å². The van der Waals surface area contributed by atoms with Crippen molar-refractivity contribution in [1.29, 1.82) is 0 Å². The lowest BCUT2D eigenvalue weighted by molar-refractivity contribution is -0.122. The number of amides is 1. The molecule has 0 aliphatic carbocycles. The minimum atomic E-state index is -0.225. The molecule has 0 radical (unpaired) electrons. The van der Waals surface area contributed by atoms with Gasteiger partial charge in [0.1, 0.15) is 5.75 Å². The first-order valence-electron chi connectivity index (χ1n) is 6.75. The summed E-state index contributed by atoms with van der Waals surface area (Å²) in [5, 5.41) is 2.57. The number of benzene rings is 1. The van der Waals surface area contributed by atoms with Crippen LogP contribution in [0.25, 0.3) is 0 Å². The van der Waals surface area contributed by atoms with Crippen LogP contribution < -0.4 is 15.8 Å².